The molecule has 0 spiro atoms. The SMILES string of the molecule is CN(CCN)C1CCSC1. The molecule has 0 radical (unpaired) electrons. The molecule has 10 heavy (non-hydrogen) atoms. The average molecular weight is 160 g/mol. The first-order valence-electron chi connectivity index (χ1n) is 3.82. The Morgan fingerprint density at radius 2 is 2.50 bits per heavy atom. The highest BCUT2D eigenvalue weighted by Gasteiger charge is 2.18. The molecule has 2 nitrogen and oxygen atoms in total. The third-order valence-electron chi connectivity index (χ3n) is 2.01. The van der Waals surface area contributed by atoms with Crippen molar-refractivity contribution in [2.75, 3.05) is 31.6 Å². The van der Waals surface area contributed by atoms with Gasteiger partial charge in [-0.15, -0.1) is 0 Å². The summed E-state index contributed by atoms with van der Waals surface area (Å²) in [6.45, 7) is 1.84. The van der Waals surface area contributed by atoms with Gasteiger partial charge in [0.1, 0.15) is 0 Å². The van der Waals surface area contributed by atoms with Gasteiger partial charge in [0, 0.05) is 24.9 Å². The van der Waals surface area contributed by atoms with Crippen molar-refractivity contribution in [1.29, 1.82) is 0 Å². The van der Waals surface area contributed by atoms with Crippen molar-refractivity contribution in [1.82, 2.24) is 4.90 Å². The van der Waals surface area contributed by atoms with Gasteiger partial charge in [0.25, 0.3) is 0 Å². The molecule has 1 saturated heterocycles. The van der Waals surface area contributed by atoms with Gasteiger partial charge in [0.15, 0.2) is 0 Å². The minimum absolute atomic E-state index is 0.789. The van der Waals surface area contributed by atoms with E-state index in [0.717, 1.165) is 19.1 Å². The largest absolute Gasteiger partial charge is 0.329 e. The zero-order chi connectivity index (χ0) is 7.40. The van der Waals surface area contributed by atoms with E-state index in [1.807, 2.05) is 0 Å². The number of thioether (sulfide) groups is 1. The fourth-order valence-corrected chi connectivity index (χ4v) is 2.55. The normalized spacial score (nSPS) is 26.1. The van der Waals surface area contributed by atoms with E-state index in [9.17, 15) is 0 Å². The molecule has 1 rings (SSSR count). The number of likely N-dealkylation sites (N-methyl/N-ethyl adjacent to an activating group) is 1. The highest BCUT2D eigenvalue weighted by molar-refractivity contribution is 7.99. The molecule has 1 atom stereocenters. The minimum atomic E-state index is 0.789. The quantitative estimate of drug-likeness (QED) is 0.647. The third kappa shape index (κ3) is 2.15. The molecule has 2 N–H and O–H groups in total. The Balaban J connectivity index is 2.18. The number of nitrogens with two attached hydrogens (primary N) is 1. The van der Waals surface area contributed by atoms with Crippen LogP contribution in [0, 0.1) is 0 Å². The maximum atomic E-state index is 5.45. The molecular weight excluding hydrogens is 144 g/mol. The van der Waals surface area contributed by atoms with E-state index < -0.39 is 0 Å². The van der Waals surface area contributed by atoms with E-state index in [2.05, 4.69) is 23.7 Å². The predicted molar refractivity (Wildman–Crippen MR) is 47.4 cm³/mol. The Morgan fingerprint density at radius 1 is 1.70 bits per heavy atom. The molecule has 0 amide bonds. The molecule has 0 aliphatic carbocycles. The van der Waals surface area contributed by atoms with Crippen molar-refractivity contribution in [3.8, 4) is 0 Å². The Bertz CT molecular complexity index is 91.6. The summed E-state index contributed by atoms with van der Waals surface area (Å²) in [5, 5.41) is 0. The van der Waals surface area contributed by atoms with E-state index in [4.69, 9.17) is 5.73 Å². The van der Waals surface area contributed by atoms with E-state index >= 15 is 0 Å². The summed E-state index contributed by atoms with van der Waals surface area (Å²) in [5.41, 5.74) is 5.45. The Kier molecular flexibility index (Phi) is 3.52. The third-order valence-corrected chi connectivity index (χ3v) is 3.16. The molecule has 1 aliphatic rings. The van der Waals surface area contributed by atoms with Crippen LogP contribution in [-0.4, -0.2) is 42.6 Å². The second-order valence-electron chi connectivity index (χ2n) is 2.79. The number of rotatable bonds is 3. The van der Waals surface area contributed by atoms with Crippen molar-refractivity contribution >= 4 is 11.8 Å². The van der Waals surface area contributed by atoms with Gasteiger partial charge in [-0.2, -0.15) is 11.8 Å². The molecule has 3 heteroatoms. The van der Waals surface area contributed by atoms with Crippen molar-refractivity contribution in [3.05, 3.63) is 0 Å². The van der Waals surface area contributed by atoms with Crippen LogP contribution in [-0.2, 0) is 0 Å². The summed E-state index contributed by atoms with van der Waals surface area (Å²) in [7, 11) is 2.17. The smallest absolute Gasteiger partial charge is 0.0191 e. The maximum Gasteiger partial charge on any atom is 0.0191 e. The van der Waals surface area contributed by atoms with Gasteiger partial charge in [-0.1, -0.05) is 0 Å². The van der Waals surface area contributed by atoms with Gasteiger partial charge >= 0.3 is 0 Å². The van der Waals surface area contributed by atoms with Crippen molar-refractivity contribution < 1.29 is 0 Å². The topological polar surface area (TPSA) is 29.3 Å². The second-order valence-corrected chi connectivity index (χ2v) is 3.94. The average Bonchev–Trinajstić information content (AvgIpc) is 2.38. The number of hydrogen-bond donors (Lipinski definition) is 1. The second kappa shape index (κ2) is 4.21. The fraction of sp³-hybridized carbons (Fsp3) is 1.00. The molecule has 1 heterocycles. The lowest BCUT2D eigenvalue weighted by molar-refractivity contribution is 0.270. The Hall–Kier alpha value is 0.270. The highest BCUT2D eigenvalue weighted by atomic mass is 32.2. The molecule has 0 aromatic rings. The first-order chi connectivity index (χ1) is 4.84. The summed E-state index contributed by atoms with van der Waals surface area (Å²) in [6, 6.07) is 0.800. The van der Waals surface area contributed by atoms with E-state index in [0.29, 0.717) is 0 Å². The van der Waals surface area contributed by atoms with Crippen LogP contribution in [0.5, 0.6) is 0 Å². The van der Waals surface area contributed by atoms with Crippen LogP contribution < -0.4 is 5.73 Å². The lowest BCUT2D eigenvalue weighted by atomic mass is 10.2. The van der Waals surface area contributed by atoms with Gasteiger partial charge in [-0.3, -0.25) is 0 Å². The molecule has 0 saturated carbocycles. The lowest BCUT2D eigenvalue weighted by Gasteiger charge is -2.22. The standard InChI is InChI=1S/C7H16N2S/c1-9(4-3-8)7-2-5-10-6-7/h7H,2-6,8H2,1H3. The molecule has 0 aromatic heterocycles. The molecule has 0 bridgehead atoms. The molecule has 0 aromatic carbocycles. The van der Waals surface area contributed by atoms with Crippen LogP contribution in [0.25, 0.3) is 0 Å². The van der Waals surface area contributed by atoms with Gasteiger partial charge in [0.05, 0.1) is 0 Å². The van der Waals surface area contributed by atoms with Crippen LogP contribution in [0.4, 0.5) is 0 Å². The van der Waals surface area contributed by atoms with E-state index in [-0.39, 0.29) is 0 Å². The van der Waals surface area contributed by atoms with Crippen LogP contribution in [0.15, 0.2) is 0 Å². The van der Waals surface area contributed by atoms with E-state index in [1.165, 1.54) is 17.9 Å². The van der Waals surface area contributed by atoms with Crippen molar-refractivity contribution in [2.24, 2.45) is 5.73 Å². The minimum Gasteiger partial charge on any atom is -0.329 e. The van der Waals surface area contributed by atoms with Gasteiger partial charge < -0.3 is 10.6 Å². The summed E-state index contributed by atoms with van der Waals surface area (Å²) < 4.78 is 0. The Morgan fingerprint density at radius 3 is 3.00 bits per heavy atom. The summed E-state index contributed by atoms with van der Waals surface area (Å²) in [5.74, 6) is 2.63. The molecule has 1 unspecified atom stereocenters. The molecular formula is C7H16N2S. The molecule has 1 aliphatic heterocycles. The monoisotopic (exact) mass is 160 g/mol. The van der Waals surface area contributed by atoms with Crippen molar-refractivity contribution in [3.63, 3.8) is 0 Å². The van der Waals surface area contributed by atoms with Crippen molar-refractivity contribution in [2.45, 2.75) is 12.5 Å². The number of hydrogen-bond acceptors (Lipinski definition) is 3. The molecule has 1 fully saturated rings. The summed E-state index contributed by atoms with van der Waals surface area (Å²) >= 11 is 2.05. The van der Waals surface area contributed by atoms with Crippen LogP contribution in [0.2, 0.25) is 0 Å². The summed E-state index contributed by atoms with van der Waals surface area (Å²) in [4.78, 5) is 2.38. The van der Waals surface area contributed by atoms with Crippen LogP contribution >= 0.6 is 11.8 Å². The Labute approximate surface area is 67.1 Å². The zero-order valence-electron chi connectivity index (χ0n) is 6.55. The predicted octanol–water partition coefficient (Wildman–Crippen LogP) is 0.382. The zero-order valence-corrected chi connectivity index (χ0v) is 7.36. The van der Waals surface area contributed by atoms with Crippen LogP contribution in [0.3, 0.4) is 0 Å². The van der Waals surface area contributed by atoms with Crippen LogP contribution in [0.1, 0.15) is 6.42 Å². The van der Waals surface area contributed by atoms with Gasteiger partial charge in [-0.05, 0) is 19.2 Å². The van der Waals surface area contributed by atoms with Gasteiger partial charge in [0.2, 0.25) is 0 Å². The fourth-order valence-electron chi connectivity index (χ4n) is 1.26. The maximum absolute atomic E-state index is 5.45. The lowest BCUT2D eigenvalue weighted by Crippen LogP contribution is -2.35. The summed E-state index contributed by atoms with van der Waals surface area (Å²) in [6.07, 6.45) is 1.35. The molecule has 60 valence electrons. The first kappa shape index (κ1) is 8.37. The van der Waals surface area contributed by atoms with E-state index in [1.54, 1.807) is 0 Å². The first-order valence-corrected chi connectivity index (χ1v) is 4.98. The van der Waals surface area contributed by atoms with Gasteiger partial charge in [-0.25, -0.2) is 0 Å². The number of nitrogens with zero attached hydrogens (tertiary/aromatic N) is 1. The highest BCUT2D eigenvalue weighted by Crippen LogP contribution is 2.20.